The van der Waals surface area contributed by atoms with E-state index in [1.165, 1.54) is 0 Å². The molecule has 0 radical (unpaired) electrons. The third-order valence-corrected chi connectivity index (χ3v) is 7.98. The first-order valence-electron chi connectivity index (χ1n) is 14.3. The molecule has 1 heterocycles. The zero-order chi connectivity index (χ0) is 30.5. The van der Waals surface area contributed by atoms with Gasteiger partial charge in [-0.3, -0.25) is 0 Å². The Balaban J connectivity index is 1.55. The van der Waals surface area contributed by atoms with Crippen molar-refractivity contribution in [2.45, 2.75) is 51.7 Å². The molecule has 2 aromatic rings. The van der Waals surface area contributed by atoms with Gasteiger partial charge in [-0.15, -0.1) is 8.80 Å². The van der Waals surface area contributed by atoms with E-state index >= 15 is 0 Å². The van der Waals surface area contributed by atoms with Gasteiger partial charge >= 0.3 is 10.2 Å². The summed E-state index contributed by atoms with van der Waals surface area (Å²) in [5.41, 5.74) is 8.64. The lowest BCUT2D eigenvalue weighted by molar-refractivity contribution is 0.129. The minimum atomic E-state index is -3.98. The van der Waals surface area contributed by atoms with Crippen LogP contribution in [0, 0.1) is 11.8 Å². The molecule has 5 N–H and O–H groups in total. The van der Waals surface area contributed by atoms with E-state index < -0.39 is 22.4 Å². The number of aliphatic hydroxyl groups is 1. The van der Waals surface area contributed by atoms with Gasteiger partial charge in [0.2, 0.25) is 0 Å². The number of ether oxygens (including phenoxy) is 3. The highest BCUT2D eigenvalue weighted by Crippen LogP contribution is 2.31. The van der Waals surface area contributed by atoms with Crippen molar-refractivity contribution in [2.75, 3.05) is 40.5 Å². The first-order valence-corrected chi connectivity index (χ1v) is 15.7. The molecule has 0 unspecified atom stereocenters. The largest absolute Gasteiger partial charge is 0.493 e. The Morgan fingerprint density at radius 1 is 0.952 bits per heavy atom. The summed E-state index contributed by atoms with van der Waals surface area (Å²) < 4.78 is 48.0. The van der Waals surface area contributed by atoms with Gasteiger partial charge in [0, 0.05) is 39.3 Å². The van der Waals surface area contributed by atoms with Crippen molar-refractivity contribution in [3.8, 4) is 11.5 Å². The summed E-state index contributed by atoms with van der Waals surface area (Å²) in [5.74, 6) is 2.05. The lowest BCUT2D eigenvalue weighted by atomic mass is 9.83. The summed E-state index contributed by atoms with van der Waals surface area (Å²) in [5, 5.41) is 16.8. The third kappa shape index (κ3) is 10.6. The molecule has 11 nitrogen and oxygen atoms in total. The first-order chi connectivity index (χ1) is 20.1. The Labute approximate surface area is 249 Å². The molecular formula is C30H45N5O6S. The monoisotopic (exact) mass is 603 g/mol. The molecule has 0 spiro atoms. The van der Waals surface area contributed by atoms with Crippen LogP contribution >= 0.6 is 0 Å². The van der Waals surface area contributed by atoms with Crippen molar-refractivity contribution >= 4 is 21.9 Å². The topological polar surface area (TPSA) is 157 Å². The third-order valence-electron chi connectivity index (χ3n) is 7.15. The zero-order valence-corrected chi connectivity index (χ0v) is 25.8. The van der Waals surface area contributed by atoms with Crippen LogP contribution in [-0.2, 0) is 27.8 Å². The van der Waals surface area contributed by atoms with Gasteiger partial charge in [0.25, 0.3) is 0 Å². The molecule has 1 aliphatic rings. The Morgan fingerprint density at radius 3 is 2.33 bits per heavy atom. The second kappa shape index (κ2) is 16.4. The summed E-state index contributed by atoms with van der Waals surface area (Å²) in [4.78, 5) is 0. The molecule has 0 amide bonds. The fourth-order valence-electron chi connectivity index (χ4n) is 4.64. The summed E-state index contributed by atoms with van der Waals surface area (Å²) >= 11 is 0. The molecular weight excluding hydrogens is 558 g/mol. The number of aliphatic hydroxyl groups excluding tert-OH is 1. The number of rotatable bonds is 17. The molecule has 12 heteroatoms. The maximum atomic E-state index is 12.0. The van der Waals surface area contributed by atoms with Gasteiger partial charge in [0.05, 0.1) is 19.8 Å². The normalized spacial score (nSPS) is 16.4. The van der Waals surface area contributed by atoms with Crippen molar-refractivity contribution in [3.63, 3.8) is 0 Å². The lowest BCUT2D eigenvalue weighted by Gasteiger charge is -2.27. The predicted octanol–water partition coefficient (Wildman–Crippen LogP) is 2.48. The van der Waals surface area contributed by atoms with Crippen molar-refractivity contribution in [3.05, 3.63) is 59.7 Å². The fourth-order valence-corrected chi connectivity index (χ4v) is 5.44. The average Bonchev–Trinajstić information content (AvgIpc) is 3.27. The minimum Gasteiger partial charge on any atom is -0.493 e. The molecule has 0 saturated carbocycles. The van der Waals surface area contributed by atoms with Gasteiger partial charge < -0.3 is 35.7 Å². The Hall–Kier alpha value is -3.19. The number of hydrogen-bond acceptors (Lipinski definition) is 9. The van der Waals surface area contributed by atoms with E-state index in [9.17, 15) is 13.5 Å². The van der Waals surface area contributed by atoms with Crippen LogP contribution in [0.5, 0.6) is 11.5 Å². The van der Waals surface area contributed by atoms with Crippen molar-refractivity contribution < 1.29 is 27.7 Å². The molecule has 0 saturated heterocycles. The maximum absolute atomic E-state index is 12.0. The van der Waals surface area contributed by atoms with Crippen LogP contribution in [-0.4, -0.2) is 77.9 Å². The quantitative estimate of drug-likeness (QED) is 0.200. The van der Waals surface area contributed by atoms with Crippen LogP contribution in [0.4, 0.5) is 0 Å². The Morgan fingerprint density at radius 2 is 1.67 bits per heavy atom. The molecule has 1 aliphatic heterocycles. The SMILES string of the molecule is COCCCOc1cc(C[C@@H](C[C@H](N)[C@@H](O)CNC2=NS(=O)(=O)N=C2NCCc2ccccc2)C(C)C)ccc1OC. The van der Waals surface area contributed by atoms with Gasteiger partial charge in [0.1, 0.15) is 0 Å². The van der Waals surface area contributed by atoms with Gasteiger partial charge in [0.15, 0.2) is 23.2 Å². The number of nitrogens with one attached hydrogen (secondary N) is 2. The molecule has 0 bridgehead atoms. The van der Waals surface area contributed by atoms with E-state index in [1.807, 2.05) is 48.5 Å². The number of methoxy groups -OCH3 is 2. The van der Waals surface area contributed by atoms with Crippen molar-refractivity contribution in [1.82, 2.24) is 10.6 Å². The van der Waals surface area contributed by atoms with Crippen LogP contribution in [0.1, 0.15) is 37.8 Å². The molecule has 42 heavy (non-hydrogen) atoms. The summed E-state index contributed by atoms with van der Waals surface area (Å²) in [7, 11) is -0.700. The minimum absolute atomic E-state index is 0.0295. The van der Waals surface area contributed by atoms with E-state index in [2.05, 4.69) is 33.3 Å². The molecule has 3 rings (SSSR count). The standard InChI is InChI=1S/C30H45N5O6S/c1-21(2)24(17-23-11-12-27(40-4)28(18-23)41-16-8-15-39-3)19-25(31)26(36)20-33-30-29(34-42(37,38)35-30)32-14-13-22-9-6-5-7-10-22/h5-7,9-12,18,21,24-26,36H,8,13-17,19-20,31H2,1-4H3,(H,32,34)(H,33,35)/t24-,25-,26-/m0/s1. The number of nitrogens with zero attached hydrogens (tertiary/aromatic N) is 2. The van der Waals surface area contributed by atoms with Crippen LogP contribution in [0.2, 0.25) is 0 Å². The van der Waals surface area contributed by atoms with E-state index in [1.54, 1.807) is 14.2 Å². The highest BCUT2D eigenvalue weighted by Gasteiger charge is 2.27. The average molecular weight is 604 g/mol. The zero-order valence-electron chi connectivity index (χ0n) is 25.0. The van der Waals surface area contributed by atoms with Crippen LogP contribution in [0.15, 0.2) is 57.3 Å². The van der Waals surface area contributed by atoms with Gasteiger partial charge in [-0.1, -0.05) is 50.2 Å². The van der Waals surface area contributed by atoms with Gasteiger partial charge in [-0.2, -0.15) is 8.42 Å². The fraction of sp³-hybridized carbons (Fsp3) is 0.533. The highest BCUT2D eigenvalue weighted by atomic mass is 32.2. The predicted molar refractivity (Wildman–Crippen MR) is 166 cm³/mol. The number of hydrogen-bond donors (Lipinski definition) is 4. The summed E-state index contributed by atoms with van der Waals surface area (Å²) in [6, 6.07) is 15.2. The van der Waals surface area contributed by atoms with Crippen LogP contribution < -0.4 is 25.8 Å². The summed E-state index contributed by atoms with van der Waals surface area (Å²) in [6.45, 7) is 5.91. The van der Waals surface area contributed by atoms with E-state index in [-0.39, 0.29) is 24.1 Å². The second-order valence-electron chi connectivity index (χ2n) is 10.7. The smallest absolute Gasteiger partial charge is 0.367 e. The number of amidine groups is 2. The van der Waals surface area contributed by atoms with Crippen LogP contribution in [0.3, 0.4) is 0 Å². The molecule has 3 atom stereocenters. The van der Waals surface area contributed by atoms with Crippen molar-refractivity contribution in [2.24, 2.45) is 26.4 Å². The molecule has 0 aliphatic carbocycles. The maximum Gasteiger partial charge on any atom is 0.367 e. The molecule has 232 valence electrons. The second-order valence-corrected chi connectivity index (χ2v) is 12.0. The van der Waals surface area contributed by atoms with Gasteiger partial charge in [-0.05, 0) is 54.4 Å². The molecule has 0 aromatic heterocycles. The summed E-state index contributed by atoms with van der Waals surface area (Å²) in [6.07, 6.45) is 1.84. The number of nitrogens with two attached hydrogens (primary N) is 1. The highest BCUT2D eigenvalue weighted by molar-refractivity contribution is 7.89. The Bertz CT molecular complexity index is 1290. The first kappa shape index (κ1) is 33.3. The lowest BCUT2D eigenvalue weighted by Crippen LogP contribution is -2.47. The van der Waals surface area contributed by atoms with E-state index in [0.29, 0.717) is 50.0 Å². The molecule has 0 fully saturated rings. The molecule has 2 aromatic carbocycles. The van der Waals surface area contributed by atoms with E-state index in [4.69, 9.17) is 19.9 Å². The van der Waals surface area contributed by atoms with E-state index in [0.717, 1.165) is 24.0 Å². The van der Waals surface area contributed by atoms with Crippen molar-refractivity contribution in [1.29, 1.82) is 0 Å². The Kier molecular flexibility index (Phi) is 13.0. The van der Waals surface area contributed by atoms with Gasteiger partial charge in [-0.25, -0.2) is 0 Å². The van der Waals surface area contributed by atoms with Crippen LogP contribution in [0.25, 0.3) is 0 Å². The number of benzene rings is 2.